The van der Waals surface area contributed by atoms with E-state index in [2.05, 4.69) is 9.97 Å². The number of H-pyrrole nitrogens is 1. The van der Waals surface area contributed by atoms with Crippen molar-refractivity contribution in [1.29, 1.82) is 0 Å². The summed E-state index contributed by atoms with van der Waals surface area (Å²) in [6.07, 6.45) is 6.76. The fourth-order valence-electron chi connectivity index (χ4n) is 3.05. The highest BCUT2D eigenvalue weighted by molar-refractivity contribution is 5.74. The van der Waals surface area contributed by atoms with Gasteiger partial charge in [-0.2, -0.15) is 0 Å². The molecule has 0 aromatic carbocycles. The van der Waals surface area contributed by atoms with Gasteiger partial charge in [-0.25, -0.2) is 9.59 Å². The van der Waals surface area contributed by atoms with Crippen molar-refractivity contribution in [2.24, 2.45) is 0 Å². The van der Waals surface area contributed by atoms with E-state index in [1.54, 1.807) is 21.9 Å². The molecule has 1 saturated carbocycles. The molecule has 0 atom stereocenters. The molecule has 1 aliphatic carbocycles. The molecule has 1 amide bonds. The van der Waals surface area contributed by atoms with E-state index in [1.165, 1.54) is 0 Å². The standard InChI is InChI=1S/C15H18N4O3/c20-14-17-12-9-16-6-3-13(12)19(14)10-4-7-18(8-5-10)15(21)22-11-1-2-11/h3,6,9-11H,1-2,4-5,7-8H2,(H,17,20). The fourth-order valence-corrected chi connectivity index (χ4v) is 3.05. The molecule has 4 rings (SSSR count). The zero-order valence-corrected chi connectivity index (χ0v) is 12.2. The third-order valence-corrected chi connectivity index (χ3v) is 4.40. The van der Waals surface area contributed by atoms with Gasteiger partial charge in [0.25, 0.3) is 0 Å². The number of nitrogens with one attached hydrogen (secondary N) is 1. The Bertz CT molecular complexity index is 753. The maximum Gasteiger partial charge on any atom is 0.410 e. The number of ether oxygens (including phenoxy) is 1. The Morgan fingerprint density at radius 1 is 1.27 bits per heavy atom. The minimum atomic E-state index is -0.212. The Morgan fingerprint density at radius 2 is 2.05 bits per heavy atom. The van der Waals surface area contributed by atoms with Gasteiger partial charge in [-0.3, -0.25) is 9.55 Å². The van der Waals surface area contributed by atoms with Crippen LogP contribution in [0.25, 0.3) is 11.0 Å². The number of hydrogen-bond acceptors (Lipinski definition) is 4. The predicted octanol–water partition coefficient (Wildman–Crippen LogP) is 1.66. The van der Waals surface area contributed by atoms with Crippen LogP contribution in [-0.4, -0.2) is 44.7 Å². The summed E-state index contributed by atoms with van der Waals surface area (Å²) in [6.45, 7) is 1.25. The number of carbonyl (C=O) groups excluding carboxylic acids is 1. The molecule has 7 heteroatoms. The van der Waals surface area contributed by atoms with Gasteiger partial charge in [0.2, 0.25) is 0 Å². The normalized spacial score (nSPS) is 19.5. The molecule has 116 valence electrons. The summed E-state index contributed by atoms with van der Waals surface area (Å²) < 4.78 is 7.12. The molecule has 0 spiro atoms. The van der Waals surface area contributed by atoms with E-state index >= 15 is 0 Å². The molecule has 22 heavy (non-hydrogen) atoms. The van der Waals surface area contributed by atoms with E-state index in [4.69, 9.17) is 4.74 Å². The summed E-state index contributed by atoms with van der Waals surface area (Å²) in [5.74, 6) is 0. The average Bonchev–Trinajstić information content (AvgIpc) is 3.27. The van der Waals surface area contributed by atoms with Crippen LogP contribution in [0.1, 0.15) is 31.7 Å². The number of piperidine rings is 1. The molecule has 2 aliphatic rings. The highest BCUT2D eigenvalue weighted by Gasteiger charge is 2.31. The number of imidazole rings is 1. The topological polar surface area (TPSA) is 80.2 Å². The van der Waals surface area contributed by atoms with Gasteiger partial charge in [-0.05, 0) is 31.7 Å². The first kappa shape index (κ1) is 13.4. The number of aromatic nitrogens is 3. The Kier molecular flexibility index (Phi) is 3.13. The van der Waals surface area contributed by atoms with Crippen LogP contribution < -0.4 is 5.69 Å². The Labute approximate surface area is 126 Å². The van der Waals surface area contributed by atoms with Gasteiger partial charge in [0.05, 0.1) is 17.2 Å². The van der Waals surface area contributed by atoms with E-state index < -0.39 is 0 Å². The fraction of sp³-hybridized carbons (Fsp3) is 0.533. The number of amides is 1. The molecule has 1 aliphatic heterocycles. The first-order valence-corrected chi connectivity index (χ1v) is 7.72. The number of pyridine rings is 1. The van der Waals surface area contributed by atoms with E-state index in [-0.39, 0.29) is 23.9 Å². The molecule has 1 N–H and O–H groups in total. The largest absolute Gasteiger partial charge is 0.446 e. The molecule has 1 saturated heterocycles. The van der Waals surface area contributed by atoms with Crippen LogP contribution in [0.4, 0.5) is 4.79 Å². The van der Waals surface area contributed by atoms with Crippen molar-refractivity contribution in [3.05, 3.63) is 28.9 Å². The van der Waals surface area contributed by atoms with Crippen molar-refractivity contribution >= 4 is 17.1 Å². The lowest BCUT2D eigenvalue weighted by Crippen LogP contribution is -2.41. The van der Waals surface area contributed by atoms with E-state index in [0.29, 0.717) is 13.1 Å². The summed E-state index contributed by atoms with van der Waals surface area (Å²) in [7, 11) is 0. The van der Waals surface area contributed by atoms with E-state index in [9.17, 15) is 9.59 Å². The molecule has 3 heterocycles. The molecule has 0 radical (unpaired) electrons. The van der Waals surface area contributed by atoms with Crippen LogP contribution in [0.3, 0.4) is 0 Å². The van der Waals surface area contributed by atoms with E-state index in [0.717, 1.165) is 36.7 Å². The van der Waals surface area contributed by atoms with Crippen molar-refractivity contribution in [2.75, 3.05) is 13.1 Å². The maximum atomic E-state index is 12.2. The third-order valence-electron chi connectivity index (χ3n) is 4.40. The van der Waals surface area contributed by atoms with Crippen LogP contribution in [0, 0.1) is 0 Å². The molecule has 2 aromatic rings. The number of fused-ring (bicyclic) bond motifs is 1. The van der Waals surface area contributed by atoms with Gasteiger partial charge in [0.15, 0.2) is 0 Å². The van der Waals surface area contributed by atoms with Crippen LogP contribution in [0.2, 0.25) is 0 Å². The van der Waals surface area contributed by atoms with Crippen LogP contribution in [0.15, 0.2) is 23.3 Å². The van der Waals surface area contributed by atoms with Gasteiger partial charge < -0.3 is 14.6 Å². The molecule has 2 fully saturated rings. The zero-order chi connectivity index (χ0) is 15.1. The molecule has 0 unspecified atom stereocenters. The average molecular weight is 302 g/mol. The van der Waals surface area contributed by atoms with Gasteiger partial charge >= 0.3 is 11.8 Å². The van der Waals surface area contributed by atoms with Crippen LogP contribution in [0.5, 0.6) is 0 Å². The Balaban J connectivity index is 1.49. The van der Waals surface area contributed by atoms with Crippen molar-refractivity contribution in [1.82, 2.24) is 19.4 Å². The molecule has 7 nitrogen and oxygen atoms in total. The van der Waals surface area contributed by atoms with E-state index in [1.807, 2.05) is 6.07 Å². The Hall–Kier alpha value is -2.31. The van der Waals surface area contributed by atoms with Gasteiger partial charge in [0, 0.05) is 25.3 Å². The first-order valence-electron chi connectivity index (χ1n) is 7.72. The summed E-state index contributed by atoms with van der Waals surface area (Å²) in [5, 5.41) is 0. The van der Waals surface area contributed by atoms with Crippen LogP contribution in [-0.2, 0) is 4.74 Å². The second-order valence-electron chi connectivity index (χ2n) is 5.99. The lowest BCUT2D eigenvalue weighted by Gasteiger charge is -2.31. The number of rotatable bonds is 2. The molecule has 2 aromatic heterocycles. The summed E-state index contributed by atoms with van der Waals surface area (Å²) >= 11 is 0. The second kappa shape index (κ2) is 5.15. The van der Waals surface area contributed by atoms with Crippen molar-refractivity contribution < 1.29 is 9.53 Å². The highest BCUT2D eigenvalue weighted by Crippen LogP contribution is 2.27. The zero-order valence-electron chi connectivity index (χ0n) is 12.2. The lowest BCUT2D eigenvalue weighted by atomic mass is 10.1. The third kappa shape index (κ3) is 2.36. The van der Waals surface area contributed by atoms with Gasteiger partial charge in [-0.15, -0.1) is 0 Å². The highest BCUT2D eigenvalue weighted by atomic mass is 16.6. The molecular weight excluding hydrogens is 284 g/mol. The molecule has 0 bridgehead atoms. The van der Waals surface area contributed by atoms with Gasteiger partial charge in [0.1, 0.15) is 6.10 Å². The van der Waals surface area contributed by atoms with Gasteiger partial charge in [-0.1, -0.05) is 0 Å². The SMILES string of the molecule is O=C(OC1CC1)N1CCC(n2c(=O)[nH]c3cnccc32)CC1. The number of hydrogen-bond donors (Lipinski definition) is 1. The second-order valence-corrected chi connectivity index (χ2v) is 5.99. The minimum Gasteiger partial charge on any atom is -0.446 e. The number of aromatic amines is 1. The summed E-state index contributed by atoms with van der Waals surface area (Å²) in [4.78, 5) is 32.7. The van der Waals surface area contributed by atoms with Crippen molar-refractivity contribution in [2.45, 2.75) is 37.8 Å². The predicted molar refractivity (Wildman–Crippen MR) is 79.7 cm³/mol. The van der Waals surface area contributed by atoms with Crippen molar-refractivity contribution in [3.63, 3.8) is 0 Å². The first-order chi connectivity index (χ1) is 10.7. The number of nitrogens with zero attached hydrogens (tertiary/aromatic N) is 3. The Morgan fingerprint density at radius 3 is 2.77 bits per heavy atom. The smallest absolute Gasteiger partial charge is 0.410 e. The molecular formula is C15H18N4O3. The lowest BCUT2D eigenvalue weighted by molar-refractivity contribution is 0.0829. The quantitative estimate of drug-likeness (QED) is 0.915. The summed E-state index contributed by atoms with van der Waals surface area (Å²) in [6, 6.07) is 1.95. The number of likely N-dealkylation sites (tertiary alicyclic amines) is 1. The maximum absolute atomic E-state index is 12.2. The summed E-state index contributed by atoms with van der Waals surface area (Å²) in [5.41, 5.74) is 1.52. The van der Waals surface area contributed by atoms with Crippen molar-refractivity contribution in [3.8, 4) is 0 Å². The van der Waals surface area contributed by atoms with Crippen LogP contribution >= 0.6 is 0 Å². The minimum absolute atomic E-state index is 0.105. The number of carbonyl (C=O) groups is 1. The monoisotopic (exact) mass is 302 g/mol.